The Hall–Kier alpha value is -1.89. The molecule has 2 aliphatic heterocycles. The van der Waals surface area contributed by atoms with Crippen LogP contribution in [0.4, 0.5) is 5.69 Å². The van der Waals surface area contributed by atoms with Crippen LogP contribution in [0.3, 0.4) is 0 Å². The monoisotopic (exact) mass is 292 g/mol. The van der Waals surface area contributed by atoms with Gasteiger partial charge in [0, 0.05) is 25.6 Å². The summed E-state index contributed by atoms with van der Waals surface area (Å²) in [4.78, 5) is 19.6. The fraction of sp³-hybridized carbons (Fsp3) is 0.643. The second-order valence-electron chi connectivity index (χ2n) is 5.28. The van der Waals surface area contributed by atoms with E-state index in [0.717, 1.165) is 37.3 Å². The second-order valence-corrected chi connectivity index (χ2v) is 5.28. The molecule has 1 atom stereocenters. The van der Waals surface area contributed by atoms with Crippen molar-refractivity contribution in [2.45, 2.75) is 32.4 Å². The summed E-state index contributed by atoms with van der Waals surface area (Å²) in [6.07, 6.45) is 3.31. The predicted molar refractivity (Wildman–Crippen MR) is 78.7 cm³/mol. The van der Waals surface area contributed by atoms with Gasteiger partial charge in [0.05, 0.1) is 37.4 Å². The van der Waals surface area contributed by atoms with Crippen molar-refractivity contribution in [2.75, 3.05) is 31.2 Å². The van der Waals surface area contributed by atoms with E-state index in [1.54, 1.807) is 12.3 Å². The van der Waals surface area contributed by atoms with Crippen molar-refractivity contribution in [2.24, 2.45) is 5.16 Å². The van der Waals surface area contributed by atoms with Crippen molar-refractivity contribution in [1.82, 2.24) is 9.78 Å². The third-order valence-electron chi connectivity index (χ3n) is 3.81. The van der Waals surface area contributed by atoms with Crippen molar-refractivity contribution >= 4 is 11.4 Å². The molecule has 0 saturated carbocycles. The maximum absolute atomic E-state index is 12.2. The van der Waals surface area contributed by atoms with Gasteiger partial charge < -0.3 is 14.5 Å². The Balaban J connectivity index is 1.66. The molecule has 21 heavy (non-hydrogen) atoms. The number of morpholine rings is 1. The molecule has 3 heterocycles. The van der Waals surface area contributed by atoms with Crippen LogP contribution < -0.4 is 10.5 Å². The maximum Gasteiger partial charge on any atom is 0.268 e. The highest BCUT2D eigenvalue weighted by Crippen LogP contribution is 2.15. The summed E-state index contributed by atoms with van der Waals surface area (Å²) in [5.41, 5.74) is 1.79. The molecule has 7 nitrogen and oxygen atoms in total. The Bertz CT molecular complexity index is 578. The highest BCUT2D eigenvalue weighted by molar-refractivity contribution is 5.85. The topological polar surface area (TPSA) is 68.9 Å². The van der Waals surface area contributed by atoms with Crippen molar-refractivity contribution in [3.8, 4) is 0 Å². The van der Waals surface area contributed by atoms with Gasteiger partial charge in [0.2, 0.25) is 0 Å². The van der Waals surface area contributed by atoms with Gasteiger partial charge in [0.25, 0.3) is 5.56 Å². The smallest absolute Gasteiger partial charge is 0.268 e. The van der Waals surface area contributed by atoms with E-state index < -0.39 is 0 Å². The zero-order valence-corrected chi connectivity index (χ0v) is 12.2. The lowest BCUT2D eigenvalue weighted by Gasteiger charge is -2.28. The Kier molecular flexibility index (Phi) is 4.19. The van der Waals surface area contributed by atoms with Crippen LogP contribution in [0.2, 0.25) is 0 Å². The molecular weight excluding hydrogens is 272 g/mol. The summed E-state index contributed by atoms with van der Waals surface area (Å²) in [7, 11) is 0. The van der Waals surface area contributed by atoms with E-state index in [2.05, 4.69) is 15.2 Å². The van der Waals surface area contributed by atoms with Crippen LogP contribution in [0.15, 0.2) is 22.2 Å². The SMILES string of the molecule is CCC1=NO[C@H](Cn2ncc(N3CCOCC3)cc2=O)C1. The van der Waals surface area contributed by atoms with Gasteiger partial charge in [0.1, 0.15) is 0 Å². The molecular formula is C14H20N4O3. The lowest BCUT2D eigenvalue weighted by atomic mass is 10.1. The number of hydrogen-bond acceptors (Lipinski definition) is 6. The van der Waals surface area contributed by atoms with E-state index in [1.807, 2.05) is 6.92 Å². The number of ether oxygens (including phenoxy) is 1. The summed E-state index contributed by atoms with van der Waals surface area (Å²) in [5.74, 6) is 0. The predicted octanol–water partition coefficient (Wildman–Crippen LogP) is 0.635. The minimum Gasteiger partial charge on any atom is -0.390 e. The molecule has 1 saturated heterocycles. The standard InChI is InChI=1S/C14H20N4O3/c1-2-11-7-13(21-16-11)10-18-14(19)8-12(9-15-18)17-3-5-20-6-4-17/h8-9,13H,2-7,10H2,1H3/t13-/m0/s1. The van der Waals surface area contributed by atoms with E-state index >= 15 is 0 Å². The summed E-state index contributed by atoms with van der Waals surface area (Å²) >= 11 is 0. The molecule has 0 aliphatic carbocycles. The molecule has 114 valence electrons. The molecule has 2 aliphatic rings. The Morgan fingerprint density at radius 3 is 2.86 bits per heavy atom. The van der Waals surface area contributed by atoms with Crippen molar-refractivity contribution in [3.05, 3.63) is 22.6 Å². The average molecular weight is 292 g/mol. The normalized spacial score (nSPS) is 22.0. The zero-order valence-electron chi connectivity index (χ0n) is 12.2. The van der Waals surface area contributed by atoms with Gasteiger partial charge in [0.15, 0.2) is 6.10 Å². The first-order valence-electron chi connectivity index (χ1n) is 7.37. The highest BCUT2D eigenvalue weighted by atomic mass is 16.6. The summed E-state index contributed by atoms with van der Waals surface area (Å²) in [6, 6.07) is 1.63. The number of hydrogen-bond donors (Lipinski definition) is 0. The van der Waals surface area contributed by atoms with Gasteiger partial charge in [-0.15, -0.1) is 0 Å². The zero-order chi connectivity index (χ0) is 14.7. The van der Waals surface area contributed by atoms with E-state index in [4.69, 9.17) is 9.57 Å². The van der Waals surface area contributed by atoms with Crippen LogP contribution in [-0.4, -0.2) is 47.9 Å². The Labute approximate surface area is 123 Å². The first-order valence-corrected chi connectivity index (χ1v) is 7.37. The number of aromatic nitrogens is 2. The quantitative estimate of drug-likeness (QED) is 0.814. The highest BCUT2D eigenvalue weighted by Gasteiger charge is 2.21. The number of oxime groups is 1. The fourth-order valence-electron chi connectivity index (χ4n) is 2.54. The largest absolute Gasteiger partial charge is 0.390 e. The van der Waals surface area contributed by atoms with Crippen LogP contribution in [0.5, 0.6) is 0 Å². The summed E-state index contributed by atoms with van der Waals surface area (Å²) in [5, 5.41) is 8.26. The summed E-state index contributed by atoms with van der Waals surface area (Å²) < 4.78 is 6.76. The van der Waals surface area contributed by atoms with E-state index in [-0.39, 0.29) is 11.7 Å². The van der Waals surface area contributed by atoms with Gasteiger partial charge in [-0.05, 0) is 6.42 Å². The molecule has 1 fully saturated rings. The fourth-order valence-corrected chi connectivity index (χ4v) is 2.54. The molecule has 0 radical (unpaired) electrons. The minimum absolute atomic E-state index is 0.0839. The molecule has 0 unspecified atom stereocenters. The van der Waals surface area contributed by atoms with Crippen LogP contribution in [-0.2, 0) is 16.1 Å². The lowest BCUT2D eigenvalue weighted by molar-refractivity contribution is 0.0685. The van der Waals surface area contributed by atoms with Crippen LogP contribution >= 0.6 is 0 Å². The van der Waals surface area contributed by atoms with Gasteiger partial charge in [-0.2, -0.15) is 5.10 Å². The second kappa shape index (κ2) is 6.26. The van der Waals surface area contributed by atoms with Gasteiger partial charge >= 0.3 is 0 Å². The number of anilines is 1. The molecule has 7 heteroatoms. The summed E-state index contributed by atoms with van der Waals surface area (Å²) in [6.45, 7) is 5.46. The van der Waals surface area contributed by atoms with E-state index in [9.17, 15) is 4.79 Å². The molecule has 0 aromatic carbocycles. The van der Waals surface area contributed by atoms with Gasteiger partial charge in [-0.25, -0.2) is 4.68 Å². The number of rotatable bonds is 4. The van der Waals surface area contributed by atoms with Gasteiger partial charge in [-0.3, -0.25) is 4.79 Å². The minimum atomic E-state index is -0.104. The first kappa shape index (κ1) is 14.1. The first-order chi connectivity index (χ1) is 10.3. The third-order valence-corrected chi connectivity index (χ3v) is 3.81. The van der Waals surface area contributed by atoms with E-state index in [0.29, 0.717) is 19.8 Å². The number of nitrogens with zero attached hydrogens (tertiary/aromatic N) is 4. The molecule has 0 N–H and O–H groups in total. The van der Waals surface area contributed by atoms with Crippen molar-refractivity contribution in [1.29, 1.82) is 0 Å². The molecule has 1 aromatic heterocycles. The van der Waals surface area contributed by atoms with Gasteiger partial charge in [-0.1, -0.05) is 12.1 Å². The molecule has 0 spiro atoms. The maximum atomic E-state index is 12.2. The molecule has 3 rings (SSSR count). The Morgan fingerprint density at radius 2 is 2.19 bits per heavy atom. The third kappa shape index (κ3) is 3.24. The van der Waals surface area contributed by atoms with Crippen molar-refractivity contribution in [3.63, 3.8) is 0 Å². The molecule has 0 bridgehead atoms. The van der Waals surface area contributed by atoms with Crippen LogP contribution in [0.1, 0.15) is 19.8 Å². The van der Waals surface area contributed by atoms with Crippen molar-refractivity contribution < 1.29 is 9.57 Å². The van der Waals surface area contributed by atoms with E-state index in [1.165, 1.54) is 4.68 Å². The van der Waals surface area contributed by atoms with Crippen LogP contribution in [0, 0.1) is 0 Å². The average Bonchev–Trinajstić information content (AvgIpc) is 2.98. The Morgan fingerprint density at radius 1 is 1.38 bits per heavy atom. The lowest BCUT2D eigenvalue weighted by Crippen LogP contribution is -2.38. The van der Waals surface area contributed by atoms with Crippen LogP contribution in [0.25, 0.3) is 0 Å². The molecule has 0 amide bonds. The molecule has 1 aromatic rings.